The predicted molar refractivity (Wildman–Crippen MR) is 402 cm³/mol. The first-order chi connectivity index (χ1) is 45.5. The molecule has 9 nitrogen and oxygen atoms in total. The Balaban J connectivity index is 3.88. The summed E-state index contributed by atoms with van der Waals surface area (Å²) in [7, 11) is 1.19. The van der Waals surface area contributed by atoms with Gasteiger partial charge < -0.3 is 27.9 Å². The summed E-state index contributed by atoms with van der Waals surface area (Å²) in [5.41, 5.74) is 0. The van der Waals surface area contributed by atoms with E-state index in [9.17, 15) is 19.0 Å². The van der Waals surface area contributed by atoms with E-state index in [4.69, 9.17) is 18.5 Å². The molecule has 0 aromatic carbocycles. The summed E-state index contributed by atoms with van der Waals surface area (Å²) in [5, 5.41) is 0. The lowest BCUT2D eigenvalue weighted by Gasteiger charge is -2.28. The van der Waals surface area contributed by atoms with Crippen LogP contribution in [0.15, 0.2) is 48.6 Å². The molecule has 0 amide bonds. The first-order valence-corrected chi connectivity index (χ1v) is 42.3. The van der Waals surface area contributed by atoms with E-state index in [0.29, 0.717) is 17.4 Å². The van der Waals surface area contributed by atoms with Crippen LogP contribution in [0.5, 0.6) is 0 Å². The first kappa shape index (κ1) is 91.0. The largest absolute Gasteiger partial charge is 0.756 e. The Morgan fingerprint density at radius 2 is 0.613 bits per heavy atom. The maximum atomic E-state index is 12.9. The quantitative estimate of drug-likeness (QED) is 0.0195. The van der Waals surface area contributed by atoms with E-state index >= 15 is 0 Å². The van der Waals surface area contributed by atoms with Crippen LogP contribution in [0.1, 0.15) is 418 Å². The van der Waals surface area contributed by atoms with Crippen LogP contribution in [0.25, 0.3) is 0 Å². The van der Waals surface area contributed by atoms with Gasteiger partial charge in [-0.15, -0.1) is 0 Å². The molecule has 10 heteroatoms. The number of allylic oxidation sites excluding steroid dienone is 8. The van der Waals surface area contributed by atoms with E-state index in [1.165, 1.54) is 327 Å². The number of ether oxygens (including phenoxy) is 2. The summed E-state index contributed by atoms with van der Waals surface area (Å²) >= 11 is 0. The summed E-state index contributed by atoms with van der Waals surface area (Å²) in [6.07, 6.45) is 98.2. The molecule has 0 rings (SSSR count). The van der Waals surface area contributed by atoms with Crippen molar-refractivity contribution in [3.63, 3.8) is 0 Å². The Morgan fingerprint density at radius 3 is 0.914 bits per heavy atom. The van der Waals surface area contributed by atoms with Gasteiger partial charge in [-0.2, -0.15) is 0 Å². The van der Waals surface area contributed by atoms with Crippen LogP contribution < -0.4 is 4.89 Å². The third kappa shape index (κ3) is 78.8. The number of carbonyl (C=O) groups excluding carboxylic acids is 2. The molecule has 0 radical (unpaired) electrons. The van der Waals surface area contributed by atoms with Crippen LogP contribution in [0, 0.1) is 0 Å². The average molecular weight is 1330 g/mol. The highest BCUT2D eigenvalue weighted by atomic mass is 31.2. The zero-order chi connectivity index (χ0) is 67.6. The monoisotopic (exact) mass is 1330 g/mol. The molecule has 0 fully saturated rings. The fourth-order valence-corrected chi connectivity index (χ4v) is 13.1. The Kier molecular flexibility index (Phi) is 72.6. The minimum absolute atomic E-state index is 0.0269. The molecule has 0 saturated heterocycles. The fraction of sp³-hybridized carbons (Fsp3) is 0.880. The number of quaternary nitrogens is 1. The number of hydrogen-bond donors (Lipinski definition) is 0. The number of esters is 2. The lowest BCUT2D eigenvalue weighted by Crippen LogP contribution is -2.37. The second-order valence-corrected chi connectivity index (χ2v) is 30.5. The van der Waals surface area contributed by atoms with Gasteiger partial charge in [-0.3, -0.25) is 14.2 Å². The summed E-state index contributed by atoms with van der Waals surface area (Å²) in [4.78, 5) is 38.2. The van der Waals surface area contributed by atoms with Gasteiger partial charge >= 0.3 is 11.9 Å². The van der Waals surface area contributed by atoms with Gasteiger partial charge in [0.15, 0.2) is 6.10 Å². The van der Waals surface area contributed by atoms with Crippen molar-refractivity contribution < 1.29 is 42.1 Å². The second kappa shape index (κ2) is 74.2. The zero-order valence-electron chi connectivity index (χ0n) is 62.7. The molecular weight excluding hydrogens is 1170 g/mol. The lowest BCUT2D eigenvalue weighted by atomic mass is 10.0. The van der Waals surface area contributed by atoms with Crippen molar-refractivity contribution in [2.24, 2.45) is 0 Å². The zero-order valence-corrected chi connectivity index (χ0v) is 63.6. The fourth-order valence-electron chi connectivity index (χ4n) is 12.4. The number of likely N-dealkylation sites (N-methyl/N-ethyl adjacent to an activating group) is 1. The van der Waals surface area contributed by atoms with E-state index in [2.05, 4.69) is 62.5 Å². The summed E-state index contributed by atoms with van der Waals surface area (Å²) in [6, 6.07) is 0. The van der Waals surface area contributed by atoms with Gasteiger partial charge in [0.1, 0.15) is 19.8 Å². The molecule has 2 unspecified atom stereocenters. The van der Waals surface area contributed by atoms with Crippen LogP contribution in [0.4, 0.5) is 0 Å². The van der Waals surface area contributed by atoms with Crippen molar-refractivity contribution in [3.05, 3.63) is 48.6 Å². The van der Waals surface area contributed by atoms with Crippen LogP contribution >= 0.6 is 7.82 Å². The van der Waals surface area contributed by atoms with Crippen LogP contribution in [0.2, 0.25) is 0 Å². The molecule has 0 spiro atoms. The van der Waals surface area contributed by atoms with Crippen molar-refractivity contribution in [2.45, 2.75) is 424 Å². The third-order valence-corrected chi connectivity index (χ3v) is 19.6. The number of nitrogens with zero attached hydrogens (tertiary/aromatic N) is 1. The van der Waals surface area contributed by atoms with Crippen LogP contribution in [-0.2, 0) is 32.7 Å². The molecule has 93 heavy (non-hydrogen) atoms. The highest BCUT2D eigenvalue weighted by Gasteiger charge is 2.22. The van der Waals surface area contributed by atoms with Crippen molar-refractivity contribution in [1.29, 1.82) is 0 Å². The first-order valence-electron chi connectivity index (χ1n) is 40.8. The molecule has 0 saturated carbocycles. The van der Waals surface area contributed by atoms with Crippen molar-refractivity contribution >= 4 is 19.8 Å². The SMILES string of the molecule is CC/C=C\C/C=C\C/C=C\C/C=C\CCCCCCCCCCCCCCCCCCCCCCCCCCCCC(=O)OC(COC(=O)CCCCCCCCCCCCCCCCCCCCCCCCCCCCCCCC)COP(=O)([O-])OCC[N+](C)(C)C. The number of phosphoric acid groups is 1. The number of carbonyl (C=O) groups is 2. The van der Waals surface area contributed by atoms with Gasteiger partial charge in [0, 0.05) is 12.8 Å². The molecular formula is C83H158NO8P. The van der Waals surface area contributed by atoms with E-state index in [1.807, 2.05) is 21.1 Å². The standard InChI is InChI=1S/C83H158NO8P/c1-6-8-10-12-14-16-18-20-22-24-26-28-30-32-34-36-38-39-40-41-42-43-44-45-46-48-50-52-54-56-58-60-62-64-66-68-70-72-74-76-83(86)92-81(80-91-93(87,88)90-78-77-84(3,4)5)79-89-82(85)75-73-71-69-67-65-63-61-59-57-55-53-51-49-47-37-35-33-31-29-27-25-23-21-19-17-15-13-11-9-7-2/h8,10,14,16,20,22,26,28,81H,6-7,9,11-13,15,17-19,21,23-25,27,29-80H2,1-5H3/b10-8-,16-14-,22-20-,28-26-. The van der Waals surface area contributed by atoms with Crippen molar-refractivity contribution in [1.82, 2.24) is 0 Å². The van der Waals surface area contributed by atoms with Gasteiger partial charge in [-0.1, -0.05) is 403 Å². The predicted octanol–water partition coefficient (Wildman–Crippen LogP) is 26.5. The van der Waals surface area contributed by atoms with Crippen molar-refractivity contribution in [2.75, 3.05) is 47.5 Å². The normalized spacial score (nSPS) is 13.2. The topological polar surface area (TPSA) is 111 Å². The molecule has 0 bridgehead atoms. The van der Waals surface area contributed by atoms with Gasteiger partial charge in [0.2, 0.25) is 0 Å². The minimum Gasteiger partial charge on any atom is -0.756 e. The Labute approximate surface area is 579 Å². The third-order valence-electron chi connectivity index (χ3n) is 18.6. The Bertz CT molecular complexity index is 1710. The van der Waals surface area contributed by atoms with Crippen LogP contribution in [-0.4, -0.2) is 70.0 Å². The molecule has 0 aliphatic carbocycles. The minimum atomic E-state index is -4.64. The molecule has 0 aromatic rings. The maximum Gasteiger partial charge on any atom is 0.306 e. The Morgan fingerprint density at radius 1 is 0.344 bits per heavy atom. The highest BCUT2D eigenvalue weighted by Crippen LogP contribution is 2.38. The van der Waals surface area contributed by atoms with E-state index in [-0.39, 0.29) is 32.0 Å². The van der Waals surface area contributed by atoms with E-state index in [1.54, 1.807) is 0 Å². The van der Waals surface area contributed by atoms with Crippen LogP contribution in [0.3, 0.4) is 0 Å². The van der Waals surface area contributed by atoms with E-state index in [0.717, 1.165) is 57.8 Å². The molecule has 0 N–H and O–H groups in total. The van der Waals surface area contributed by atoms with Gasteiger partial charge in [-0.05, 0) is 51.4 Å². The van der Waals surface area contributed by atoms with Crippen molar-refractivity contribution in [3.8, 4) is 0 Å². The number of hydrogen-bond acceptors (Lipinski definition) is 8. The number of phosphoric ester groups is 1. The molecule has 0 heterocycles. The van der Waals surface area contributed by atoms with E-state index < -0.39 is 26.5 Å². The summed E-state index contributed by atoms with van der Waals surface area (Å²) in [5.74, 6) is -0.805. The van der Waals surface area contributed by atoms with Gasteiger partial charge in [0.25, 0.3) is 7.82 Å². The number of rotatable bonds is 77. The molecule has 2 atom stereocenters. The van der Waals surface area contributed by atoms with Gasteiger partial charge in [0.05, 0.1) is 27.7 Å². The molecule has 0 aliphatic heterocycles. The molecule has 0 aliphatic rings. The lowest BCUT2D eigenvalue weighted by molar-refractivity contribution is -0.870. The number of unbranched alkanes of at least 4 members (excludes halogenated alkanes) is 55. The van der Waals surface area contributed by atoms with Gasteiger partial charge in [-0.25, -0.2) is 0 Å². The Hall–Kier alpha value is -2.03. The second-order valence-electron chi connectivity index (χ2n) is 29.1. The molecule has 0 aromatic heterocycles. The maximum absolute atomic E-state index is 12.9. The molecule has 548 valence electrons. The highest BCUT2D eigenvalue weighted by molar-refractivity contribution is 7.45. The smallest absolute Gasteiger partial charge is 0.306 e. The summed E-state index contributed by atoms with van der Waals surface area (Å²) in [6.45, 7) is 4.21. The summed E-state index contributed by atoms with van der Waals surface area (Å²) < 4.78 is 34.4. The average Bonchev–Trinajstić information content (AvgIpc) is 2.01.